The van der Waals surface area contributed by atoms with Crippen molar-refractivity contribution in [3.63, 3.8) is 0 Å². The highest BCUT2D eigenvalue weighted by atomic mass is 127. The van der Waals surface area contributed by atoms with Gasteiger partial charge in [0.05, 0.1) is 32.0 Å². The first kappa shape index (κ1) is 25.7. The van der Waals surface area contributed by atoms with Gasteiger partial charge in [0.2, 0.25) is 0 Å². The van der Waals surface area contributed by atoms with E-state index >= 15 is 0 Å². The second kappa shape index (κ2) is 13.1. The molecule has 0 amide bonds. The van der Waals surface area contributed by atoms with Crippen LogP contribution in [0.25, 0.3) is 0 Å². The average Bonchev–Trinajstić information content (AvgIpc) is 3.23. The van der Waals surface area contributed by atoms with Crippen molar-refractivity contribution in [2.24, 2.45) is 10.9 Å². The molecule has 3 saturated heterocycles. The molecule has 3 fully saturated rings. The van der Waals surface area contributed by atoms with E-state index < -0.39 is 0 Å². The molecule has 1 N–H and O–H groups in total. The van der Waals surface area contributed by atoms with Crippen LogP contribution in [0, 0.1) is 5.92 Å². The number of hydrogen-bond acceptors (Lipinski definition) is 5. The Balaban J connectivity index is 0.00000289. The lowest BCUT2D eigenvalue weighted by atomic mass is 10.1. The molecule has 3 atom stereocenters. The molecule has 3 aliphatic heterocycles. The predicted octanol–water partition coefficient (Wildman–Crippen LogP) is 2.12. The lowest BCUT2D eigenvalue weighted by Crippen LogP contribution is -2.50. The quantitative estimate of drug-likeness (QED) is 0.315. The lowest BCUT2D eigenvalue weighted by molar-refractivity contribution is -0.0502. The molecule has 3 aliphatic rings. The molecule has 3 unspecified atom stereocenters. The van der Waals surface area contributed by atoms with E-state index in [1.165, 1.54) is 5.56 Å². The van der Waals surface area contributed by atoms with Gasteiger partial charge in [0.15, 0.2) is 5.96 Å². The van der Waals surface area contributed by atoms with E-state index in [-0.39, 0.29) is 30.1 Å². The predicted molar refractivity (Wildman–Crippen MR) is 140 cm³/mol. The highest BCUT2D eigenvalue weighted by Gasteiger charge is 2.41. The Bertz CT molecular complexity index is 701. The lowest BCUT2D eigenvalue weighted by Gasteiger charge is -2.36. The summed E-state index contributed by atoms with van der Waals surface area (Å²) in [5.74, 6) is 1.57. The van der Waals surface area contributed by atoms with Crippen LogP contribution in [0.1, 0.15) is 19.4 Å². The molecule has 7 nitrogen and oxygen atoms in total. The number of benzene rings is 1. The summed E-state index contributed by atoms with van der Waals surface area (Å²) in [5, 5.41) is 3.53. The molecular weight excluding hydrogens is 517 g/mol. The number of ether oxygens (including phenoxy) is 2. The molecule has 3 heterocycles. The molecule has 0 saturated carbocycles. The Morgan fingerprint density at radius 2 is 1.91 bits per heavy atom. The number of nitrogens with one attached hydrogen (secondary N) is 1. The number of morpholine rings is 2. The van der Waals surface area contributed by atoms with Gasteiger partial charge in [0, 0.05) is 58.9 Å². The minimum absolute atomic E-state index is 0. The second-order valence-electron chi connectivity index (χ2n) is 9.05. The van der Waals surface area contributed by atoms with Crippen LogP contribution < -0.4 is 5.32 Å². The van der Waals surface area contributed by atoms with E-state index in [0.29, 0.717) is 12.0 Å². The summed E-state index contributed by atoms with van der Waals surface area (Å²) in [6.07, 6.45) is 0.257. The van der Waals surface area contributed by atoms with Gasteiger partial charge in [-0.3, -0.25) is 14.8 Å². The monoisotopic (exact) mass is 557 g/mol. The second-order valence-corrected chi connectivity index (χ2v) is 9.05. The van der Waals surface area contributed by atoms with Gasteiger partial charge in [-0.05, 0) is 18.4 Å². The van der Waals surface area contributed by atoms with Crippen LogP contribution in [0.3, 0.4) is 0 Å². The Kier molecular flexibility index (Phi) is 10.5. The number of guanidine groups is 1. The van der Waals surface area contributed by atoms with Crippen LogP contribution in [-0.2, 0) is 16.0 Å². The zero-order valence-corrected chi connectivity index (χ0v) is 21.9. The minimum Gasteiger partial charge on any atom is -0.379 e. The first-order valence-corrected chi connectivity index (χ1v) is 12.0. The molecule has 0 aromatic heterocycles. The van der Waals surface area contributed by atoms with Crippen LogP contribution >= 0.6 is 24.0 Å². The highest BCUT2D eigenvalue weighted by Crippen LogP contribution is 2.24. The van der Waals surface area contributed by atoms with Crippen molar-refractivity contribution in [2.45, 2.75) is 32.5 Å². The third-order valence-corrected chi connectivity index (χ3v) is 6.51. The van der Waals surface area contributed by atoms with Gasteiger partial charge in [-0.1, -0.05) is 37.3 Å². The summed E-state index contributed by atoms with van der Waals surface area (Å²) in [4.78, 5) is 12.5. The van der Waals surface area contributed by atoms with Gasteiger partial charge in [0.25, 0.3) is 0 Å². The maximum absolute atomic E-state index is 6.17. The van der Waals surface area contributed by atoms with Gasteiger partial charge in [0.1, 0.15) is 0 Å². The van der Waals surface area contributed by atoms with Crippen LogP contribution in [0.2, 0.25) is 0 Å². The van der Waals surface area contributed by atoms with Crippen molar-refractivity contribution in [2.75, 3.05) is 72.2 Å². The van der Waals surface area contributed by atoms with Crippen molar-refractivity contribution < 1.29 is 9.47 Å². The molecule has 8 heteroatoms. The van der Waals surface area contributed by atoms with Gasteiger partial charge in [-0.2, -0.15) is 0 Å². The number of likely N-dealkylation sites (tertiary alicyclic amines) is 1. The molecule has 4 rings (SSSR count). The fraction of sp³-hybridized carbons (Fsp3) is 0.708. The van der Waals surface area contributed by atoms with Gasteiger partial charge >= 0.3 is 0 Å². The largest absolute Gasteiger partial charge is 0.379 e. The number of hydrogen-bond donors (Lipinski definition) is 1. The number of halogens is 1. The zero-order valence-electron chi connectivity index (χ0n) is 19.6. The van der Waals surface area contributed by atoms with Gasteiger partial charge < -0.3 is 19.7 Å². The molecule has 32 heavy (non-hydrogen) atoms. The topological polar surface area (TPSA) is 52.6 Å². The summed E-state index contributed by atoms with van der Waals surface area (Å²) < 4.78 is 11.6. The van der Waals surface area contributed by atoms with Crippen molar-refractivity contribution in [1.29, 1.82) is 0 Å². The highest BCUT2D eigenvalue weighted by molar-refractivity contribution is 14.0. The number of aliphatic imine (C=N–C) groups is 1. The summed E-state index contributed by atoms with van der Waals surface area (Å²) in [6, 6.07) is 11.2. The fourth-order valence-corrected chi connectivity index (χ4v) is 4.90. The Morgan fingerprint density at radius 3 is 2.66 bits per heavy atom. The Morgan fingerprint density at radius 1 is 1.12 bits per heavy atom. The molecule has 1 aromatic rings. The SMILES string of the molecule is CCNC(=NCC(C)CN1CCOCC1)N1CC2OCCN(Cc3ccccc3)C2C1.I. The van der Waals surface area contributed by atoms with E-state index in [4.69, 9.17) is 14.5 Å². The number of nitrogens with zero attached hydrogens (tertiary/aromatic N) is 4. The van der Waals surface area contributed by atoms with E-state index in [1.807, 2.05) is 0 Å². The minimum atomic E-state index is 0. The average molecular weight is 558 g/mol. The van der Waals surface area contributed by atoms with Crippen LogP contribution in [0.5, 0.6) is 0 Å². The van der Waals surface area contributed by atoms with E-state index in [2.05, 4.69) is 64.2 Å². The smallest absolute Gasteiger partial charge is 0.194 e. The zero-order chi connectivity index (χ0) is 21.5. The van der Waals surface area contributed by atoms with Crippen LogP contribution in [-0.4, -0.2) is 105 Å². The van der Waals surface area contributed by atoms with E-state index in [1.54, 1.807) is 0 Å². The third kappa shape index (κ3) is 7.03. The van der Waals surface area contributed by atoms with E-state index in [9.17, 15) is 0 Å². The van der Waals surface area contributed by atoms with Crippen molar-refractivity contribution in [3.8, 4) is 0 Å². The number of rotatable bonds is 7. The molecule has 0 aliphatic carbocycles. The summed E-state index contributed by atoms with van der Waals surface area (Å²) >= 11 is 0. The van der Waals surface area contributed by atoms with Crippen LogP contribution in [0.15, 0.2) is 35.3 Å². The van der Waals surface area contributed by atoms with Crippen molar-refractivity contribution in [3.05, 3.63) is 35.9 Å². The molecule has 0 bridgehead atoms. The van der Waals surface area contributed by atoms with Crippen molar-refractivity contribution in [1.82, 2.24) is 20.0 Å². The number of fused-ring (bicyclic) bond motifs is 1. The molecular formula is C24H40IN5O2. The third-order valence-electron chi connectivity index (χ3n) is 6.51. The Hall–Kier alpha value is -0.940. The summed E-state index contributed by atoms with van der Waals surface area (Å²) in [6.45, 7) is 15.7. The molecule has 180 valence electrons. The van der Waals surface area contributed by atoms with Gasteiger partial charge in [-0.15, -0.1) is 24.0 Å². The standard InChI is InChI=1S/C24H39N5O2.HI/c1-3-25-24(26-15-20(2)16-27-9-12-30-13-10-27)29-18-22-23(19-29)31-14-11-28(22)17-21-7-5-4-6-8-21;/h4-8,20,22-23H,3,9-19H2,1-2H3,(H,25,26);1H. The fourth-order valence-electron chi connectivity index (χ4n) is 4.90. The summed E-state index contributed by atoms with van der Waals surface area (Å²) in [7, 11) is 0. The maximum Gasteiger partial charge on any atom is 0.194 e. The maximum atomic E-state index is 6.17. The van der Waals surface area contributed by atoms with Gasteiger partial charge in [-0.25, -0.2) is 0 Å². The van der Waals surface area contributed by atoms with E-state index in [0.717, 1.165) is 84.7 Å². The van der Waals surface area contributed by atoms with Crippen LogP contribution in [0.4, 0.5) is 0 Å². The summed E-state index contributed by atoms with van der Waals surface area (Å²) in [5.41, 5.74) is 1.37. The normalized spacial score (nSPS) is 25.8. The Labute approximate surface area is 210 Å². The first-order chi connectivity index (χ1) is 15.2. The molecule has 0 radical (unpaired) electrons. The van der Waals surface area contributed by atoms with Crippen molar-refractivity contribution >= 4 is 29.9 Å². The first-order valence-electron chi connectivity index (χ1n) is 12.0. The molecule has 1 aromatic carbocycles. The molecule has 0 spiro atoms.